The maximum atomic E-state index is 11.3. The van der Waals surface area contributed by atoms with Crippen molar-refractivity contribution in [3.05, 3.63) is 70.9 Å². The zero-order chi connectivity index (χ0) is 17.8. The van der Waals surface area contributed by atoms with Gasteiger partial charge in [-0.05, 0) is 61.9 Å². The number of aromatic nitrogens is 2. The Bertz CT molecular complexity index is 910. The van der Waals surface area contributed by atoms with Gasteiger partial charge in [0.05, 0.1) is 0 Å². The summed E-state index contributed by atoms with van der Waals surface area (Å²) in [7, 11) is 0. The SMILES string of the molecule is CC(=O)c1ccc(Nc2ccnc(Nc3cc(Cl)ccc3C)n2)cc1. The van der Waals surface area contributed by atoms with E-state index < -0.39 is 0 Å². The average Bonchev–Trinajstić information content (AvgIpc) is 2.59. The number of halogens is 1. The van der Waals surface area contributed by atoms with E-state index in [4.69, 9.17) is 11.6 Å². The number of rotatable bonds is 5. The van der Waals surface area contributed by atoms with Crippen molar-refractivity contribution in [2.75, 3.05) is 10.6 Å². The molecule has 126 valence electrons. The monoisotopic (exact) mass is 352 g/mol. The van der Waals surface area contributed by atoms with E-state index in [-0.39, 0.29) is 5.78 Å². The fourth-order valence-corrected chi connectivity index (χ4v) is 2.45. The average molecular weight is 353 g/mol. The first kappa shape index (κ1) is 16.9. The molecule has 0 saturated carbocycles. The molecular weight excluding hydrogens is 336 g/mol. The van der Waals surface area contributed by atoms with Crippen LogP contribution in [0.1, 0.15) is 22.8 Å². The Morgan fingerprint density at radius 1 is 1.04 bits per heavy atom. The second-order valence-electron chi connectivity index (χ2n) is 5.61. The molecule has 0 aliphatic heterocycles. The number of nitrogens with one attached hydrogen (secondary N) is 2. The molecule has 3 rings (SSSR count). The zero-order valence-electron chi connectivity index (χ0n) is 13.9. The molecule has 0 radical (unpaired) electrons. The Kier molecular flexibility index (Phi) is 4.95. The standard InChI is InChI=1S/C19H17ClN4O/c1-12-3-6-15(20)11-17(12)23-19-21-10-9-18(24-19)22-16-7-4-14(5-8-16)13(2)25/h3-11H,1-2H3,(H2,21,22,23,24). The van der Waals surface area contributed by atoms with Gasteiger partial charge in [0.2, 0.25) is 5.95 Å². The third kappa shape index (κ3) is 4.33. The van der Waals surface area contributed by atoms with Crippen LogP contribution in [-0.2, 0) is 0 Å². The van der Waals surface area contributed by atoms with Crippen molar-refractivity contribution in [2.24, 2.45) is 0 Å². The number of carbonyl (C=O) groups excluding carboxylic acids is 1. The van der Waals surface area contributed by atoms with Crippen LogP contribution in [-0.4, -0.2) is 15.8 Å². The Labute approximate surface area is 151 Å². The first-order chi connectivity index (χ1) is 12.0. The van der Waals surface area contributed by atoms with Crippen LogP contribution in [0.15, 0.2) is 54.7 Å². The van der Waals surface area contributed by atoms with Crippen LogP contribution in [0.2, 0.25) is 5.02 Å². The molecule has 0 bridgehead atoms. The predicted octanol–water partition coefficient (Wildman–Crippen LogP) is 5.13. The summed E-state index contributed by atoms with van der Waals surface area (Å²) < 4.78 is 0. The third-order valence-corrected chi connectivity index (χ3v) is 3.90. The van der Waals surface area contributed by atoms with Crippen molar-refractivity contribution in [3.8, 4) is 0 Å². The number of nitrogens with zero attached hydrogens (tertiary/aromatic N) is 2. The molecule has 0 atom stereocenters. The molecule has 0 aliphatic carbocycles. The summed E-state index contributed by atoms with van der Waals surface area (Å²) in [6, 6.07) is 14.6. The summed E-state index contributed by atoms with van der Waals surface area (Å²) >= 11 is 6.04. The van der Waals surface area contributed by atoms with Gasteiger partial charge in [0, 0.05) is 28.2 Å². The van der Waals surface area contributed by atoms with E-state index in [2.05, 4.69) is 20.6 Å². The molecular formula is C19H17ClN4O. The van der Waals surface area contributed by atoms with Gasteiger partial charge >= 0.3 is 0 Å². The molecule has 0 saturated heterocycles. The number of hydrogen-bond donors (Lipinski definition) is 2. The Hall–Kier alpha value is -2.92. The summed E-state index contributed by atoms with van der Waals surface area (Å²) in [5.41, 5.74) is 3.42. The molecule has 2 aromatic carbocycles. The van der Waals surface area contributed by atoms with Gasteiger partial charge in [-0.1, -0.05) is 17.7 Å². The Morgan fingerprint density at radius 3 is 2.52 bits per heavy atom. The highest BCUT2D eigenvalue weighted by molar-refractivity contribution is 6.30. The van der Waals surface area contributed by atoms with Gasteiger partial charge in [-0.2, -0.15) is 4.98 Å². The minimum atomic E-state index is 0.0389. The van der Waals surface area contributed by atoms with E-state index >= 15 is 0 Å². The predicted molar refractivity (Wildman–Crippen MR) is 101 cm³/mol. The van der Waals surface area contributed by atoms with Crippen molar-refractivity contribution >= 4 is 40.5 Å². The highest BCUT2D eigenvalue weighted by Gasteiger charge is 2.05. The molecule has 3 aromatic rings. The molecule has 0 spiro atoms. The molecule has 0 aliphatic rings. The minimum absolute atomic E-state index is 0.0389. The lowest BCUT2D eigenvalue weighted by Crippen LogP contribution is -2.01. The van der Waals surface area contributed by atoms with Crippen LogP contribution in [0.5, 0.6) is 0 Å². The van der Waals surface area contributed by atoms with Gasteiger partial charge in [0.15, 0.2) is 5.78 Å². The summed E-state index contributed by atoms with van der Waals surface area (Å²) in [5.74, 6) is 1.15. The van der Waals surface area contributed by atoms with E-state index in [0.717, 1.165) is 16.9 Å². The van der Waals surface area contributed by atoms with Crippen LogP contribution in [0.3, 0.4) is 0 Å². The number of ketones is 1. The van der Waals surface area contributed by atoms with E-state index in [1.807, 2.05) is 37.3 Å². The summed E-state index contributed by atoms with van der Waals surface area (Å²) in [4.78, 5) is 20.0. The highest BCUT2D eigenvalue weighted by atomic mass is 35.5. The lowest BCUT2D eigenvalue weighted by Gasteiger charge is -2.10. The van der Waals surface area contributed by atoms with Crippen LogP contribution in [0.25, 0.3) is 0 Å². The first-order valence-corrected chi connectivity index (χ1v) is 8.13. The van der Waals surface area contributed by atoms with E-state index in [1.54, 1.807) is 31.3 Å². The number of benzene rings is 2. The van der Waals surface area contributed by atoms with Crippen LogP contribution < -0.4 is 10.6 Å². The van der Waals surface area contributed by atoms with Crippen LogP contribution in [0.4, 0.5) is 23.1 Å². The number of carbonyl (C=O) groups is 1. The molecule has 1 aromatic heterocycles. The topological polar surface area (TPSA) is 66.9 Å². The third-order valence-electron chi connectivity index (χ3n) is 3.67. The van der Waals surface area contributed by atoms with Gasteiger partial charge in [-0.3, -0.25) is 4.79 Å². The van der Waals surface area contributed by atoms with Gasteiger partial charge in [0.25, 0.3) is 0 Å². The van der Waals surface area contributed by atoms with Gasteiger partial charge in [-0.15, -0.1) is 0 Å². The number of Topliss-reactive ketones (excluding diaryl/α,β-unsaturated/α-hetero) is 1. The van der Waals surface area contributed by atoms with Crippen molar-refractivity contribution in [1.29, 1.82) is 0 Å². The molecule has 2 N–H and O–H groups in total. The largest absolute Gasteiger partial charge is 0.340 e. The molecule has 6 heteroatoms. The minimum Gasteiger partial charge on any atom is -0.340 e. The summed E-state index contributed by atoms with van der Waals surface area (Å²) in [6.45, 7) is 3.53. The number of hydrogen-bond acceptors (Lipinski definition) is 5. The fraction of sp³-hybridized carbons (Fsp3) is 0.105. The normalized spacial score (nSPS) is 10.4. The van der Waals surface area contributed by atoms with Crippen LogP contribution in [0, 0.1) is 6.92 Å². The second-order valence-corrected chi connectivity index (χ2v) is 6.04. The first-order valence-electron chi connectivity index (χ1n) is 7.75. The van der Waals surface area contributed by atoms with Gasteiger partial charge < -0.3 is 10.6 Å². The highest BCUT2D eigenvalue weighted by Crippen LogP contribution is 2.23. The maximum Gasteiger partial charge on any atom is 0.229 e. The second kappa shape index (κ2) is 7.32. The maximum absolute atomic E-state index is 11.3. The summed E-state index contributed by atoms with van der Waals surface area (Å²) in [6.07, 6.45) is 1.67. The van der Waals surface area contributed by atoms with Crippen molar-refractivity contribution in [2.45, 2.75) is 13.8 Å². The van der Waals surface area contributed by atoms with Gasteiger partial charge in [-0.25, -0.2) is 4.98 Å². The molecule has 1 heterocycles. The Balaban J connectivity index is 1.77. The molecule has 5 nitrogen and oxygen atoms in total. The van der Waals surface area contributed by atoms with E-state index in [0.29, 0.717) is 22.4 Å². The van der Waals surface area contributed by atoms with Crippen molar-refractivity contribution in [1.82, 2.24) is 9.97 Å². The van der Waals surface area contributed by atoms with Crippen molar-refractivity contribution < 1.29 is 4.79 Å². The molecule has 25 heavy (non-hydrogen) atoms. The zero-order valence-corrected chi connectivity index (χ0v) is 14.6. The molecule has 0 amide bonds. The van der Waals surface area contributed by atoms with E-state index in [9.17, 15) is 4.79 Å². The smallest absolute Gasteiger partial charge is 0.229 e. The van der Waals surface area contributed by atoms with Crippen molar-refractivity contribution in [3.63, 3.8) is 0 Å². The summed E-state index contributed by atoms with van der Waals surface area (Å²) in [5, 5.41) is 7.01. The molecule has 0 unspecified atom stereocenters. The van der Waals surface area contributed by atoms with E-state index in [1.165, 1.54) is 0 Å². The number of aryl methyl sites for hydroxylation is 1. The van der Waals surface area contributed by atoms with Crippen LogP contribution >= 0.6 is 11.6 Å². The molecule has 0 fully saturated rings. The lowest BCUT2D eigenvalue weighted by atomic mass is 10.1. The Morgan fingerprint density at radius 2 is 1.80 bits per heavy atom. The fourth-order valence-electron chi connectivity index (χ4n) is 2.27. The lowest BCUT2D eigenvalue weighted by molar-refractivity contribution is 0.101. The number of anilines is 4. The van der Waals surface area contributed by atoms with Gasteiger partial charge in [0.1, 0.15) is 5.82 Å². The quantitative estimate of drug-likeness (QED) is 0.623.